The number of nitrogens with zero attached hydrogens (tertiary/aromatic N) is 5. The van der Waals surface area contributed by atoms with Crippen LogP contribution in [0, 0.1) is 0 Å². The highest BCUT2D eigenvalue weighted by Crippen LogP contribution is 2.36. The third-order valence-electron chi connectivity index (χ3n) is 6.01. The first kappa shape index (κ1) is 19.0. The van der Waals surface area contributed by atoms with Crippen molar-refractivity contribution in [1.82, 2.24) is 25.1 Å². The van der Waals surface area contributed by atoms with Gasteiger partial charge in [-0.25, -0.2) is 4.68 Å². The lowest BCUT2D eigenvalue weighted by atomic mass is 10.1. The summed E-state index contributed by atoms with van der Waals surface area (Å²) in [5, 5.41) is 15.2. The van der Waals surface area contributed by atoms with E-state index in [1.807, 2.05) is 12.1 Å². The van der Waals surface area contributed by atoms with E-state index in [1.165, 1.54) is 17.7 Å². The van der Waals surface area contributed by atoms with Gasteiger partial charge < -0.3 is 9.15 Å². The topological polar surface area (TPSA) is 69.2 Å². The highest BCUT2D eigenvalue weighted by molar-refractivity contribution is 7.10. The van der Waals surface area contributed by atoms with Crippen molar-refractivity contribution in [3.05, 3.63) is 52.4 Å². The molecule has 0 bridgehead atoms. The molecule has 0 radical (unpaired) electrons. The van der Waals surface area contributed by atoms with Gasteiger partial charge in [0, 0.05) is 18.0 Å². The van der Waals surface area contributed by atoms with E-state index in [9.17, 15) is 0 Å². The molecule has 2 atom stereocenters. The van der Waals surface area contributed by atoms with Crippen molar-refractivity contribution in [2.24, 2.45) is 0 Å². The van der Waals surface area contributed by atoms with Gasteiger partial charge in [-0.05, 0) is 59.7 Å². The van der Waals surface area contributed by atoms with Crippen LogP contribution in [-0.2, 0) is 11.3 Å². The van der Waals surface area contributed by atoms with Crippen LogP contribution in [0.5, 0.6) is 0 Å². The molecular weight excluding hydrogens is 386 g/mol. The highest BCUT2D eigenvalue weighted by atomic mass is 32.1. The van der Waals surface area contributed by atoms with Crippen molar-refractivity contribution in [2.45, 2.75) is 63.3 Å². The first-order chi connectivity index (χ1) is 14.4. The fraction of sp³-hybridized carbons (Fsp3) is 0.571. The molecule has 0 aromatic carbocycles. The number of furan rings is 1. The van der Waals surface area contributed by atoms with Crippen LogP contribution in [-0.4, -0.2) is 44.4 Å². The predicted octanol–water partition coefficient (Wildman–Crippen LogP) is 4.21. The lowest BCUT2D eigenvalue weighted by Gasteiger charge is -2.32. The second-order valence-corrected chi connectivity index (χ2v) is 8.96. The maximum Gasteiger partial charge on any atom is 0.174 e. The summed E-state index contributed by atoms with van der Waals surface area (Å²) in [7, 11) is 0. The van der Waals surface area contributed by atoms with Crippen molar-refractivity contribution in [1.29, 1.82) is 0 Å². The fourth-order valence-electron chi connectivity index (χ4n) is 4.62. The minimum absolute atomic E-state index is 0.0140. The number of tetrazole rings is 1. The summed E-state index contributed by atoms with van der Waals surface area (Å²) in [4.78, 5) is 3.68. The average Bonchev–Trinajstić information content (AvgIpc) is 3.55. The van der Waals surface area contributed by atoms with Crippen molar-refractivity contribution in [2.75, 3.05) is 13.2 Å². The van der Waals surface area contributed by atoms with Gasteiger partial charge in [0.15, 0.2) is 5.82 Å². The summed E-state index contributed by atoms with van der Waals surface area (Å²) in [5.41, 5.74) is 0. The van der Waals surface area contributed by atoms with Gasteiger partial charge >= 0.3 is 0 Å². The third-order valence-corrected chi connectivity index (χ3v) is 6.94. The van der Waals surface area contributed by atoms with Gasteiger partial charge in [-0.2, -0.15) is 0 Å². The quantitative estimate of drug-likeness (QED) is 0.551. The van der Waals surface area contributed by atoms with Gasteiger partial charge in [0.25, 0.3) is 0 Å². The molecule has 0 amide bonds. The number of ether oxygens (including phenoxy) is 1. The normalized spacial score (nSPS) is 21.3. The molecule has 3 aromatic heterocycles. The van der Waals surface area contributed by atoms with Gasteiger partial charge in [-0.3, -0.25) is 4.90 Å². The molecule has 1 aliphatic carbocycles. The molecule has 1 saturated carbocycles. The van der Waals surface area contributed by atoms with Gasteiger partial charge in [0.1, 0.15) is 11.8 Å². The van der Waals surface area contributed by atoms with Crippen molar-refractivity contribution >= 4 is 11.3 Å². The molecule has 0 unspecified atom stereocenters. The molecule has 29 heavy (non-hydrogen) atoms. The van der Waals surface area contributed by atoms with E-state index in [2.05, 4.69) is 42.6 Å². The zero-order valence-electron chi connectivity index (χ0n) is 16.5. The Bertz CT molecular complexity index is 867. The Balaban J connectivity index is 1.51. The van der Waals surface area contributed by atoms with Crippen LogP contribution < -0.4 is 0 Å². The second kappa shape index (κ2) is 8.77. The van der Waals surface area contributed by atoms with E-state index in [0.29, 0.717) is 12.6 Å². The number of hydrogen-bond acceptors (Lipinski definition) is 7. The number of rotatable bonds is 8. The van der Waals surface area contributed by atoms with E-state index in [0.717, 1.165) is 50.4 Å². The van der Waals surface area contributed by atoms with Crippen LogP contribution in [0.2, 0.25) is 0 Å². The lowest BCUT2D eigenvalue weighted by molar-refractivity contribution is 0.0549. The van der Waals surface area contributed by atoms with Gasteiger partial charge in [-0.15, -0.1) is 16.4 Å². The van der Waals surface area contributed by atoms with Crippen LogP contribution in [0.15, 0.2) is 40.3 Å². The summed E-state index contributed by atoms with van der Waals surface area (Å²) < 4.78 is 13.8. The maximum absolute atomic E-state index is 5.99. The molecular formula is C21H27N5O2S. The van der Waals surface area contributed by atoms with Crippen LogP contribution in [0.3, 0.4) is 0 Å². The Hall–Kier alpha value is -2.03. The van der Waals surface area contributed by atoms with Crippen molar-refractivity contribution < 1.29 is 9.15 Å². The van der Waals surface area contributed by atoms with Gasteiger partial charge in [0.2, 0.25) is 0 Å². The van der Waals surface area contributed by atoms with Crippen LogP contribution in [0.25, 0.3) is 0 Å². The predicted molar refractivity (Wildman–Crippen MR) is 110 cm³/mol. The van der Waals surface area contributed by atoms with E-state index in [-0.39, 0.29) is 12.1 Å². The summed E-state index contributed by atoms with van der Waals surface area (Å²) in [6.45, 7) is 2.39. The van der Waals surface area contributed by atoms with Crippen LogP contribution in [0.1, 0.15) is 67.1 Å². The summed E-state index contributed by atoms with van der Waals surface area (Å²) in [5.74, 6) is 1.88. The molecule has 1 aliphatic heterocycles. The third kappa shape index (κ3) is 4.15. The fourth-order valence-corrected chi connectivity index (χ4v) is 5.48. The van der Waals surface area contributed by atoms with E-state index in [4.69, 9.17) is 9.15 Å². The molecule has 7 nitrogen and oxygen atoms in total. The Labute approximate surface area is 174 Å². The van der Waals surface area contributed by atoms with E-state index in [1.54, 1.807) is 17.6 Å². The molecule has 2 fully saturated rings. The minimum Gasteiger partial charge on any atom is -0.468 e. The second-order valence-electron chi connectivity index (χ2n) is 7.98. The maximum atomic E-state index is 5.99. The summed E-state index contributed by atoms with van der Waals surface area (Å²) in [6, 6.07) is 8.66. The molecule has 3 aromatic rings. The molecule has 8 heteroatoms. The Morgan fingerprint density at radius 1 is 1.17 bits per heavy atom. The van der Waals surface area contributed by atoms with E-state index >= 15 is 0 Å². The number of aromatic nitrogens is 4. The molecule has 2 aliphatic rings. The zero-order chi connectivity index (χ0) is 19.5. The summed E-state index contributed by atoms with van der Waals surface area (Å²) >= 11 is 1.76. The number of hydrogen-bond donors (Lipinski definition) is 0. The minimum atomic E-state index is -0.0140. The zero-order valence-corrected chi connectivity index (χ0v) is 17.3. The first-order valence-electron chi connectivity index (χ1n) is 10.6. The van der Waals surface area contributed by atoms with Crippen LogP contribution >= 0.6 is 11.3 Å². The lowest BCUT2D eigenvalue weighted by Crippen LogP contribution is -2.37. The SMILES string of the molecule is c1coc(CN(C[C@@H]2CCCO2)[C@@H](c2cccs2)c2nnnn2C2CCCC2)c1. The monoisotopic (exact) mass is 413 g/mol. The molecule has 154 valence electrons. The van der Waals surface area contributed by atoms with Gasteiger partial charge in [0.05, 0.1) is 25.0 Å². The summed E-state index contributed by atoms with van der Waals surface area (Å²) in [6.07, 6.45) is 9.00. The first-order valence-corrected chi connectivity index (χ1v) is 11.5. The standard InChI is InChI=1S/C21H27N5O2S/c1-2-7-16(6-1)26-21(22-23-24-26)20(19-10-5-13-29-19)25(14-17-8-3-11-27-17)15-18-9-4-12-28-18/h3,5,8,10-11,13,16,18,20H,1-2,4,6-7,9,12,14-15H2/t18-,20-/m0/s1. The Morgan fingerprint density at radius 2 is 2.10 bits per heavy atom. The highest BCUT2D eigenvalue weighted by Gasteiger charge is 2.34. The molecule has 0 spiro atoms. The Morgan fingerprint density at radius 3 is 2.83 bits per heavy atom. The molecule has 0 N–H and O–H groups in total. The molecule has 4 heterocycles. The van der Waals surface area contributed by atoms with Crippen LogP contribution in [0.4, 0.5) is 0 Å². The smallest absolute Gasteiger partial charge is 0.174 e. The number of thiophene rings is 1. The molecule has 1 saturated heterocycles. The van der Waals surface area contributed by atoms with Gasteiger partial charge in [-0.1, -0.05) is 18.9 Å². The average molecular weight is 414 g/mol. The van der Waals surface area contributed by atoms with Crippen molar-refractivity contribution in [3.8, 4) is 0 Å². The Kier molecular flexibility index (Phi) is 5.73. The largest absolute Gasteiger partial charge is 0.468 e. The van der Waals surface area contributed by atoms with E-state index < -0.39 is 0 Å². The van der Waals surface area contributed by atoms with Crippen molar-refractivity contribution in [3.63, 3.8) is 0 Å². The molecule has 5 rings (SSSR count).